The van der Waals surface area contributed by atoms with E-state index in [0.717, 1.165) is 6.42 Å². The first-order valence-electron chi connectivity index (χ1n) is 5.19. The van der Waals surface area contributed by atoms with E-state index in [-0.39, 0.29) is 18.4 Å². The van der Waals surface area contributed by atoms with E-state index in [2.05, 4.69) is 0 Å². The van der Waals surface area contributed by atoms with Crippen molar-refractivity contribution in [2.45, 2.75) is 38.6 Å². The molecule has 5 nitrogen and oxygen atoms in total. The Balaban J connectivity index is 2.16. The second kappa shape index (κ2) is 6.88. The van der Waals surface area contributed by atoms with Crippen LogP contribution >= 0.6 is 11.8 Å². The van der Waals surface area contributed by atoms with Crippen LogP contribution in [0.5, 0.6) is 0 Å². The number of hydrogen-bond acceptors (Lipinski definition) is 6. The van der Waals surface area contributed by atoms with E-state index in [1.54, 1.807) is 0 Å². The Hall–Kier alpha value is -0.590. The fourth-order valence-electron chi connectivity index (χ4n) is 1.21. The van der Waals surface area contributed by atoms with Crippen LogP contribution in [-0.4, -0.2) is 36.0 Å². The number of ketones is 1. The lowest BCUT2D eigenvalue weighted by Gasteiger charge is -2.12. The van der Waals surface area contributed by atoms with Crippen LogP contribution in [0.3, 0.4) is 0 Å². The van der Waals surface area contributed by atoms with Crippen molar-refractivity contribution in [1.82, 2.24) is 0 Å². The van der Waals surface area contributed by atoms with Crippen molar-refractivity contribution in [1.29, 1.82) is 0 Å². The second-order valence-electron chi connectivity index (χ2n) is 3.40. The third-order valence-electron chi connectivity index (χ3n) is 1.84. The molecule has 0 aromatic rings. The van der Waals surface area contributed by atoms with E-state index in [0.29, 0.717) is 12.2 Å². The summed E-state index contributed by atoms with van der Waals surface area (Å²) in [6, 6.07) is 0. The van der Waals surface area contributed by atoms with Gasteiger partial charge in [0.15, 0.2) is 5.78 Å². The number of thioether (sulfide) groups is 1. The lowest BCUT2D eigenvalue weighted by molar-refractivity contribution is -0.196. The second-order valence-corrected chi connectivity index (χ2v) is 4.45. The number of ether oxygens (including phenoxy) is 3. The average molecular weight is 248 g/mol. The number of hydrogen-bond donors (Lipinski definition) is 0. The van der Waals surface area contributed by atoms with E-state index >= 15 is 0 Å². The quantitative estimate of drug-likeness (QED) is 0.660. The number of Topliss-reactive ketones (excluding diaryl/α,β-unsaturated/α-hetero) is 1. The van der Waals surface area contributed by atoms with Crippen LogP contribution in [0.2, 0.25) is 0 Å². The lowest BCUT2D eigenvalue weighted by Crippen LogP contribution is -2.21. The van der Waals surface area contributed by atoms with Gasteiger partial charge in [0.25, 0.3) is 0 Å². The molecule has 1 aliphatic rings. The molecule has 1 rings (SSSR count). The number of esters is 1. The Kier molecular flexibility index (Phi) is 5.79. The molecule has 1 saturated heterocycles. The summed E-state index contributed by atoms with van der Waals surface area (Å²) in [5.41, 5.74) is -0.509. The van der Waals surface area contributed by atoms with Gasteiger partial charge in [0.1, 0.15) is 6.61 Å². The van der Waals surface area contributed by atoms with E-state index < -0.39 is 11.9 Å². The SMILES string of the molecule is CCCC(=O)COC1OC(OC(C)=O)CS1. The summed E-state index contributed by atoms with van der Waals surface area (Å²) in [4.78, 5) is 21.8. The van der Waals surface area contributed by atoms with Gasteiger partial charge in [-0.05, 0) is 6.42 Å². The predicted octanol–water partition coefficient (Wildman–Crippen LogP) is 1.31. The summed E-state index contributed by atoms with van der Waals surface area (Å²) in [5.74, 6) is 0.211. The smallest absolute Gasteiger partial charge is 0.304 e. The highest BCUT2D eigenvalue weighted by molar-refractivity contribution is 7.99. The summed E-state index contributed by atoms with van der Waals surface area (Å²) in [7, 11) is 0. The van der Waals surface area contributed by atoms with Crippen molar-refractivity contribution in [3.63, 3.8) is 0 Å². The van der Waals surface area contributed by atoms with Crippen LogP contribution in [0.1, 0.15) is 26.7 Å². The lowest BCUT2D eigenvalue weighted by atomic mass is 10.2. The summed E-state index contributed by atoms with van der Waals surface area (Å²) < 4.78 is 15.3. The fourth-order valence-corrected chi connectivity index (χ4v) is 2.03. The van der Waals surface area contributed by atoms with Crippen molar-refractivity contribution in [2.75, 3.05) is 12.4 Å². The van der Waals surface area contributed by atoms with Crippen molar-refractivity contribution in [3.05, 3.63) is 0 Å². The van der Waals surface area contributed by atoms with Crippen molar-refractivity contribution < 1.29 is 23.8 Å². The van der Waals surface area contributed by atoms with Gasteiger partial charge in [-0.3, -0.25) is 9.59 Å². The first-order chi connectivity index (χ1) is 7.61. The molecule has 16 heavy (non-hydrogen) atoms. The van der Waals surface area contributed by atoms with Crippen LogP contribution < -0.4 is 0 Å². The van der Waals surface area contributed by atoms with Crippen molar-refractivity contribution in [2.24, 2.45) is 0 Å². The molecule has 0 N–H and O–H groups in total. The highest BCUT2D eigenvalue weighted by Gasteiger charge is 2.28. The fraction of sp³-hybridized carbons (Fsp3) is 0.800. The molecule has 0 saturated carbocycles. The molecule has 1 fully saturated rings. The van der Waals surface area contributed by atoms with Gasteiger partial charge in [-0.1, -0.05) is 18.7 Å². The Morgan fingerprint density at radius 2 is 2.25 bits per heavy atom. The minimum atomic E-state index is -0.561. The van der Waals surface area contributed by atoms with Crippen molar-refractivity contribution >= 4 is 23.5 Å². The molecule has 92 valence electrons. The molecule has 0 aromatic heterocycles. The van der Waals surface area contributed by atoms with Crippen LogP contribution in [-0.2, 0) is 23.8 Å². The van der Waals surface area contributed by atoms with Gasteiger partial charge in [0.2, 0.25) is 11.9 Å². The topological polar surface area (TPSA) is 61.8 Å². The summed E-state index contributed by atoms with van der Waals surface area (Å²) in [6.45, 7) is 3.32. The molecule has 0 bridgehead atoms. The van der Waals surface area contributed by atoms with Crippen LogP contribution in [0.4, 0.5) is 0 Å². The van der Waals surface area contributed by atoms with E-state index in [9.17, 15) is 9.59 Å². The van der Waals surface area contributed by atoms with Gasteiger partial charge in [-0.15, -0.1) is 0 Å². The van der Waals surface area contributed by atoms with Gasteiger partial charge >= 0.3 is 5.97 Å². The molecule has 0 aromatic carbocycles. The molecular formula is C10H16O5S. The zero-order chi connectivity index (χ0) is 12.0. The Morgan fingerprint density at radius 3 is 2.88 bits per heavy atom. The van der Waals surface area contributed by atoms with Crippen LogP contribution in [0, 0.1) is 0 Å². The summed E-state index contributed by atoms with van der Waals surface area (Å²) in [6.07, 6.45) is 0.774. The molecule has 0 amide bonds. The van der Waals surface area contributed by atoms with E-state index in [4.69, 9.17) is 14.2 Å². The highest BCUT2D eigenvalue weighted by atomic mass is 32.2. The number of carbonyl (C=O) groups is 2. The maximum atomic E-state index is 11.2. The zero-order valence-corrected chi connectivity index (χ0v) is 10.2. The minimum Gasteiger partial charge on any atom is -0.435 e. The van der Waals surface area contributed by atoms with Crippen molar-refractivity contribution in [3.8, 4) is 0 Å². The molecular weight excluding hydrogens is 232 g/mol. The molecule has 0 radical (unpaired) electrons. The summed E-state index contributed by atoms with van der Waals surface area (Å²) in [5, 5.41) is 0. The maximum Gasteiger partial charge on any atom is 0.304 e. The first-order valence-corrected chi connectivity index (χ1v) is 6.24. The van der Waals surface area contributed by atoms with Gasteiger partial charge in [-0.2, -0.15) is 0 Å². The highest BCUT2D eigenvalue weighted by Crippen LogP contribution is 2.26. The van der Waals surface area contributed by atoms with E-state index in [1.165, 1.54) is 18.7 Å². The third kappa shape index (κ3) is 4.96. The molecule has 1 heterocycles. The first kappa shape index (κ1) is 13.5. The third-order valence-corrected chi connectivity index (χ3v) is 2.82. The van der Waals surface area contributed by atoms with Gasteiger partial charge in [0.05, 0.1) is 5.75 Å². The largest absolute Gasteiger partial charge is 0.435 e. The molecule has 6 heteroatoms. The standard InChI is InChI=1S/C10H16O5S/c1-3-4-8(12)5-13-10-15-9(6-16-10)14-7(2)11/h9-10H,3-6H2,1-2H3. The molecule has 2 atom stereocenters. The molecule has 0 spiro atoms. The zero-order valence-electron chi connectivity index (χ0n) is 9.43. The normalized spacial score (nSPS) is 24.4. The van der Waals surface area contributed by atoms with Gasteiger partial charge in [-0.25, -0.2) is 0 Å². The average Bonchev–Trinajstić information content (AvgIpc) is 2.62. The summed E-state index contributed by atoms with van der Waals surface area (Å²) >= 11 is 1.38. The number of rotatable bonds is 6. The Labute approximate surface area is 98.8 Å². The minimum absolute atomic E-state index is 0.0539. The van der Waals surface area contributed by atoms with Crippen LogP contribution in [0.25, 0.3) is 0 Å². The maximum absolute atomic E-state index is 11.2. The molecule has 0 aliphatic carbocycles. The Morgan fingerprint density at radius 1 is 1.50 bits per heavy atom. The number of carbonyl (C=O) groups excluding carboxylic acids is 2. The monoisotopic (exact) mass is 248 g/mol. The van der Waals surface area contributed by atoms with Gasteiger partial charge in [0, 0.05) is 13.3 Å². The predicted molar refractivity (Wildman–Crippen MR) is 58.8 cm³/mol. The van der Waals surface area contributed by atoms with E-state index in [1.807, 2.05) is 6.92 Å². The molecule has 1 aliphatic heterocycles. The van der Waals surface area contributed by atoms with Crippen LogP contribution in [0.15, 0.2) is 0 Å². The Bertz CT molecular complexity index is 256. The molecule has 2 unspecified atom stereocenters. The van der Waals surface area contributed by atoms with Gasteiger partial charge < -0.3 is 14.2 Å².